The molecule has 0 saturated heterocycles. The average molecular weight is 194 g/mol. The van der Waals surface area contributed by atoms with Gasteiger partial charge in [-0.25, -0.2) is 0 Å². The topological polar surface area (TPSA) is 0 Å². The van der Waals surface area contributed by atoms with E-state index in [1.807, 2.05) is 13.8 Å². The molecule has 0 aromatic rings. The summed E-state index contributed by atoms with van der Waals surface area (Å²) >= 11 is 0. The molecule has 0 amide bonds. The van der Waals surface area contributed by atoms with Crippen molar-refractivity contribution in [1.29, 1.82) is 0 Å². The molecule has 1 aliphatic carbocycles. The molecule has 13 heavy (non-hydrogen) atoms. The maximum atomic E-state index is 12.6. The molecule has 0 nitrogen and oxygen atoms in total. The van der Waals surface area contributed by atoms with Crippen LogP contribution in [0.4, 0.5) is 13.2 Å². The van der Waals surface area contributed by atoms with Gasteiger partial charge in [0.1, 0.15) is 0 Å². The van der Waals surface area contributed by atoms with Crippen LogP contribution in [0.5, 0.6) is 0 Å². The first kappa shape index (κ1) is 10.9. The third-order valence-corrected chi connectivity index (χ3v) is 3.10. The Morgan fingerprint density at radius 3 is 2.00 bits per heavy atom. The van der Waals surface area contributed by atoms with Gasteiger partial charge in [-0.15, -0.1) is 0 Å². The van der Waals surface area contributed by atoms with E-state index in [0.29, 0.717) is 6.42 Å². The molecule has 0 spiro atoms. The first-order valence-corrected chi connectivity index (χ1v) is 4.99. The number of rotatable bonds is 1. The van der Waals surface area contributed by atoms with Crippen LogP contribution in [0.2, 0.25) is 0 Å². The zero-order valence-electron chi connectivity index (χ0n) is 8.19. The lowest BCUT2D eigenvalue weighted by Gasteiger charge is -2.35. The van der Waals surface area contributed by atoms with Crippen LogP contribution in [0.25, 0.3) is 0 Å². The molecule has 78 valence electrons. The lowest BCUT2D eigenvalue weighted by Crippen LogP contribution is -2.35. The van der Waals surface area contributed by atoms with Crippen molar-refractivity contribution in [3.8, 4) is 0 Å². The molecule has 2 unspecified atom stereocenters. The Morgan fingerprint density at radius 2 is 1.62 bits per heavy atom. The minimum Gasteiger partial charge on any atom is -0.171 e. The summed E-state index contributed by atoms with van der Waals surface area (Å²) < 4.78 is 37.7. The van der Waals surface area contributed by atoms with Gasteiger partial charge in [-0.3, -0.25) is 0 Å². The molecule has 1 fully saturated rings. The van der Waals surface area contributed by atoms with Gasteiger partial charge in [0.05, 0.1) is 5.92 Å². The van der Waals surface area contributed by atoms with Crippen molar-refractivity contribution in [3.63, 3.8) is 0 Å². The van der Waals surface area contributed by atoms with Crippen LogP contribution in [0.15, 0.2) is 0 Å². The van der Waals surface area contributed by atoms with Crippen molar-refractivity contribution in [3.05, 3.63) is 0 Å². The Balaban J connectivity index is 2.67. The van der Waals surface area contributed by atoms with Gasteiger partial charge in [-0.2, -0.15) is 13.2 Å². The molecular weight excluding hydrogens is 177 g/mol. The molecule has 1 saturated carbocycles. The van der Waals surface area contributed by atoms with Crippen molar-refractivity contribution < 1.29 is 13.2 Å². The lowest BCUT2D eigenvalue weighted by atomic mass is 9.73. The molecule has 0 bridgehead atoms. The summed E-state index contributed by atoms with van der Waals surface area (Å²) in [7, 11) is 0. The first-order chi connectivity index (χ1) is 5.93. The molecule has 0 aliphatic heterocycles. The second-order valence-corrected chi connectivity index (χ2v) is 4.34. The summed E-state index contributed by atoms with van der Waals surface area (Å²) in [5, 5.41) is 0. The largest absolute Gasteiger partial charge is 0.392 e. The van der Waals surface area contributed by atoms with E-state index in [9.17, 15) is 13.2 Å². The first-order valence-electron chi connectivity index (χ1n) is 4.99. The molecule has 1 rings (SSSR count). The predicted octanol–water partition coefficient (Wildman–Crippen LogP) is 4.01. The molecule has 1 aliphatic rings. The van der Waals surface area contributed by atoms with Crippen LogP contribution in [0.1, 0.15) is 39.5 Å². The average Bonchev–Trinajstić information content (AvgIpc) is 2.03. The summed E-state index contributed by atoms with van der Waals surface area (Å²) in [4.78, 5) is 0. The number of hydrogen-bond donors (Lipinski definition) is 0. The summed E-state index contributed by atoms with van der Waals surface area (Å²) in [5.74, 6) is -1.03. The smallest absolute Gasteiger partial charge is 0.171 e. The Labute approximate surface area is 77.5 Å². The maximum Gasteiger partial charge on any atom is 0.392 e. The number of halogens is 3. The predicted molar refractivity (Wildman–Crippen MR) is 46.3 cm³/mol. The van der Waals surface area contributed by atoms with Crippen LogP contribution in [0.3, 0.4) is 0 Å². The Morgan fingerprint density at radius 1 is 1.08 bits per heavy atom. The molecule has 3 heteroatoms. The summed E-state index contributed by atoms with van der Waals surface area (Å²) in [5.41, 5.74) is 0. The highest BCUT2D eigenvalue weighted by atomic mass is 19.4. The van der Waals surface area contributed by atoms with Gasteiger partial charge in [-0.05, 0) is 24.7 Å². The van der Waals surface area contributed by atoms with Gasteiger partial charge in [0.2, 0.25) is 0 Å². The van der Waals surface area contributed by atoms with E-state index >= 15 is 0 Å². The maximum absolute atomic E-state index is 12.6. The third-order valence-electron chi connectivity index (χ3n) is 3.10. The van der Waals surface area contributed by atoms with Gasteiger partial charge >= 0.3 is 6.18 Å². The zero-order chi connectivity index (χ0) is 10.1. The molecule has 0 aromatic carbocycles. The zero-order valence-corrected chi connectivity index (χ0v) is 8.19. The van der Waals surface area contributed by atoms with Gasteiger partial charge < -0.3 is 0 Å². The van der Waals surface area contributed by atoms with Crippen LogP contribution < -0.4 is 0 Å². The fourth-order valence-corrected chi connectivity index (χ4v) is 2.36. The molecule has 0 aromatic heterocycles. The molecule has 2 atom stereocenters. The fourth-order valence-electron chi connectivity index (χ4n) is 2.36. The second-order valence-electron chi connectivity index (χ2n) is 4.34. The van der Waals surface area contributed by atoms with Crippen molar-refractivity contribution in [2.45, 2.75) is 45.7 Å². The van der Waals surface area contributed by atoms with E-state index in [1.54, 1.807) is 0 Å². The van der Waals surface area contributed by atoms with E-state index < -0.39 is 12.1 Å². The third kappa shape index (κ3) is 2.61. The van der Waals surface area contributed by atoms with Crippen molar-refractivity contribution in [2.24, 2.45) is 17.8 Å². The van der Waals surface area contributed by atoms with Crippen LogP contribution in [0, 0.1) is 17.8 Å². The normalized spacial score (nSPS) is 30.9. The molecular formula is C10H17F3. The Kier molecular flexibility index (Phi) is 3.25. The lowest BCUT2D eigenvalue weighted by molar-refractivity contribution is -0.200. The SMILES string of the molecule is CC(C)C1CCCCC1C(F)(F)F. The summed E-state index contributed by atoms with van der Waals surface area (Å²) in [6.07, 6.45) is -1.17. The molecule has 0 N–H and O–H groups in total. The monoisotopic (exact) mass is 194 g/mol. The van der Waals surface area contributed by atoms with E-state index in [4.69, 9.17) is 0 Å². The van der Waals surface area contributed by atoms with E-state index in [1.165, 1.54) is 0 Å². The highest BCUT2D eigenvalue weighted by Crippen LogP contribution is 2.44. The van der Waals surface area contributed by atoms with Gasteiger partial charge in [0.25, 0.3) is 0 Å². The van der Waals surface area contributed by atoms with Crippen molar-refractivity contribution >= 4 is 0 Å². The van der Waals surface area contributed by atoms with Gasteiger partial charge in [-0.1, -0.05) is 26.7 Å². The van der Waals surface area contributed by atoms with E-state index in [0.717, 1.165) is 19.3 Å². The minimum atomic E-state index is -3.98. The highest BCUT2D eigenvalue weighted by molar-refractivity contribution is 4.82. The van der Waals surface area contributed by atoms with Crippen LogP contribution in [-0.2, 0) is 0 Å². The van der Waals surface area contributed by atoms with Crippen molar-refractivity contribution in [1.82, 2.24) is 0 Å². The van der Waals surface area contributed by atoms with E-state index in [2.05, 4.69) is 0 Å². The van der Waals surface area contributed by atoms with Gasteiger partial charge in [0.15, 0.2) is 0 Å². The number of hydrogen-bond acceptors (Lipinski definition) is 0. The quantitative estimate of drug-likeness (QED) is 0.591. The fraction of sp³-hybridized carbons (Fsp3) is 1.00. The Bertz CT molecular complexity index is 160. The van der Waals surface area contributed by atoms with Crippen molar-refractivity contribution in [2.75, 3.05) is 0 Å². The minimum absolute atomic E-state index is 0.145. The molecule has 0 heterocycles. The van der Waals surface area contributed by atoms with Crippen LogP contribution in [-0.4, -0.2) is 6.18 Å². The summed E-state index contributed by atoms with van der Waals surface area (Å²) in [6, 6.07) is 0. The molecule has 0 radical (unpaired) electrons. The standard InChI is InChI=1S/C10H17F3/c1-7(2)8-5-3-4-6-9(8)10(11,12)13/h7-9H,3-6H2,1-2H3. The highest BCUT2D eigenvalue weighted by Gasteiger charge is 2.45. The number of alkyl halides is 3. The second kappa shape index (κ2) is 3.89. The Hall–Kier alpha value is -0.210. The van der Waals surface area contributed by atoms with E-state index in [-0.39, 0.29) is 11.8 Å². The summed E-state index contributed by atoms with van der Waals surface area (Å²) in [6.45, 7) is 3.80. The van der Waals surface area contributed by atoms with Crippen LogP contribution >= 0.6 is 0 Å². The van der Waals surface area contributed by atoms with Gasteiger partial charge in [0, 0.05) is 0 Å².